The summed E-state index contributed by atoms with van der Waals surface area (Å²) in [6.07, 6.45) is 2.75. The second-order valence-electron chi connectivity index (χ2n) is 5.86. The van der Waals surface area contributed by atoms with Crippen LogP contribution in [0.15, 0.2) is 48.5 Å². The van der Waals surface area contributed by atoms with Crippen molar-refractivity contribution >= 4 is 5.69 Å². The quantitative estimate of drug-likeness (QED) is 0.914. The van der Waals surface area contributed by atoms with Crippen LogP contribution < -0.4 is 15.4 Å². The molecule has 0 amide bonds. The molecule has 2 aromatic rings. The Kier molecular flexibility index (Phi) is 3.84. The van der Waals surface area contributed by atoms with Gasteiger partial charge in [0.25, 0.3) is 0 Å². The summed E-state index contributed by atoms with van der Waals surface area (Å²) in [7, 11) is 4.07. The predicted octanol–water partition coefficient (Wildman–Crippen LogP) is 3.34. The number of ether oxygens (including phenoxy) is 1. The number of hydrogen-bond donors (Lipinski definition) is 1. The van der Waals surface area contributed by atoms with Crippen molar-refractivity contribution in [3.63, 3.8) is 0 Å². The maximum Gasteiger partial charge on any atom is 0.120 e. The lowest BCUT2D eigenvalue weighted by Crippen LogP contribution is -2.14. The number of hydrogen-bond acceptors (Lipinski definition) is 3. The van der Waals surface area contributed by atoms with Crippen LogP contribution in [0.25, 0.3) is 0 Å². The Morgan fingerprint density at radius 3 is 2.38 bits per heavy atom. The van der Waals surface area contributed by atoms with Crippen LogP contribution in [0.3, 0.4) is 0 Å². The third-order valence-corrected chi connectivity index (χ3v) is 3.79. The predicted molar refractivity (Wildman–Crippen MR) is 86.9 cm³/mol. The molecule has 21 heavy (non-hydrogen) atoms. The largest absolute Gasteiger partial charge is 0.490 e. The molecule has 3 nitrogen and oxygen atoms in total. The molecule has 110 valence electrons. The van der Waals surface area contributed by atoms with Crippen LogP contribution in [0, 0.1) is 0 Å². The third-order valence-electron chi connectivity index (χ3n) is 3.79. The molecule has 0 heterocycles. The van der Waals surface area contributed by atoms with Gasteiger partial charge in [0.1, 0.15) is 5.75 Å². The second kappa shape index (κ2) is 5.78. The van der Waals surface area contributed by atoms with E-state index in [2.05, 4.69) is 41.3 Å². The third kappa shape index (κ3) is 3.37. The minimum atomic E-state index is -0.132. The molecular weight excluding hydrogens is 260 g/mol. The highest BCUT2D eigenvalue weighted by Crippen LogP contribution is 2.30. The molecule has 2 aromatic carbocycles. The molecule has 3 heteroatoms. The van der Waals surface area contributed by atoms with Gasteiger partial charge < -0.3 is 15.4 Å². The van der Waals surface area contributed by atoms with Crippen LogP contribution >= 0.6 is 0 Å². The number of nitrogens with two attached hydrogens (primary N) is 1. The zero-order valence-electron chi connectivity index (χ0n) is 12.6. The highest BCUT2D eigenvalue weighted by atomic mass is 16.5. The molecule has 0 spiro atoms. The van der Waals surface area contributed by atoms with Crippen molar-refractivity contribution in [3.8, 4) is 5.75 Å². The molecule has 1 aliphatic carbocycles. The average Bonchev–Trinajstić information content (AvgIpc) is 3.31. The van der Waals surface area contributed by atoms with E-state index in [1.807, 2.05) is 26.2 Å². The topological polar surface area (TPSA) is 38.5 Å². The highest BCUT2D eigenvalue weighted by molar-refractivity contribution is 5.49. The van der Waals surface area contributed by atoms with Crippen molar-refractivity contribution in [1.29, 1.82) is 0 Å². The summed E-state index contributed by atoms with van der Waals surface area (Å²) in [5.41, 5.74) is 9.79. The lowest BCUT2D eigenvalue weighted by Gasteiger charge is -2.18. The van der Waals surface area contributed by atoms with E-state index >= 15 is 0 Å². The molecule has 1 aliphatic rings. The number of anilines is 1. The Morgan fingerprint density at radius 1 is 1.05 bits per heavy atom. The summed E-state index contributed by atoms with van der Waals surface area (Å²) in [5, 5.41) is 0. The molecule has 1 atom stereocenters. The normalized spacial score (nSPS) is 15.6. The Balaban J connectivity index is 1.83. The van der Waals surface area contributed by atoms with E-state index in [0.717, 1.165) is 22.6 Å². The molecule has 1 unspecified atom stereocenters. The maximum atomic E-state index is 6.43. The SMILES string of the molecule is CN(C)c1cccc(C(N)c2cccc(OC3CC3)c2)c1. The van der Waals surface area contributed by atoms with E-state index in [-0.39, 0.29) is 6.04 Å². The zero-order valence-corrected chi connectivity index (χ0v) is 12.6. The molecule has 0 aliphatic heterocycles. The molecule has 0 aromatic heterocycles. The zero-order chi connectivity index (χ0) is 14.8. The van der Waals surface area contributed by atoms with Crippen molar-refractivity contribution in [2.45, 2.75) is 25.0 Å². The van der Waals surface area contributed by atoms with E-state index in [4.69, 9.17) is 10.5 Å². The van der Waals surface area contributed by atoms with Gasteiger partial charge in [0.05, 0.1) is 12.1 Å². The number of nitrogens with zero attached hydrogens (tertiary/aromatic N) is 1. The summed E-state index contributed by atoms with van der Waals surface area (Å²) in [6.45, 7) is 0. The minimum absolute atomic E-state index is 0.132. The molecule has 1 fully saturated rings. The van der Waals surface area contributed by atoms with E-state index in [1.54, 1.807) is 0 Å². The van der Waals surface area contributed by atoms with E-state index in [0.29, 0.717) is 6.10 Å². The Bertz CT molecular complexity index is 620. The average molecular weight is 282 g/mol. The number of rotatable bonds is 5. The molecular formula is C18H22N2O. The van der Waals surface area contributed by atoms with Crippen LogP contribution in [0.4, 0.5) is 5.69 Å². The smallest absolute Gasteiger partial charge is 0.120 e. The van der Waals surface area contributed by atoms with Gasteiger partial charge in [0.2, 0.25) is 0 Å². The van der Waals surface area contributed by atoms with Crippen LogP contribution in [-0.4, -0.2) is 20.2 Å². The minimum Gasteiger partial charge on any atom is -0.490 e. The van der Waals surface area contributed by atoms with E-state index < -0.39 is 0 Å². The molecule has 0 bridgehead atoms. The number of benzene rings is 2. The summed E-state index contributed by atoms with van der Waals surface area (Å²) in [4.78, 5) is 2.09. The van der Waals surface area contributed by atoms with Gasteiger partial charge in [-0.1, -0.05) is 24.3 Å². The lowest BCUT2D eigenvalue weighted by molar-refractivity contribution is 0.303. The Labute approximate surface area is 126 Å². The summed E-state index contributed by atoms with van der Waals surface area (Å²) in [5.74, 6) is 0.925. The summed E-state index contributed by atoms with van der Waals surface area (Å²) in [6, 6.07) is 16.4. The first-order valence-electron chi connectivity index (χ1n) is 7.43. The lowest BCUT2D eigenvalue weighted by atomic mass is 9.99. The van der Waals surface area contributed by atoms with Gasteiger partial charge in [-0.05, 0) is 48.2 Å². The van der Waals surface area contributed by atoms with Crippen LogP contribution in [0.1, 0.15) is 30.0 Å². The van der Waals surface area contributed by atoms with Gasteiger partial charge in [-0.3, -0.25) is 0 Å². The first-order valence-corrected chi connectivity index (χ1v) is 7.43. The molecule has 0 radical (unpaired) electrons. The Hall–Kier alpha value is -2.00. The Morgan fingerprint density at radius 2 is 1.71 bits per heavy atom. The van der Waals surface area contributed by atoms with Gasteiger partial charge in [0.15, 0.2) is 0 Å². The van der Waals surface area contributed by atoms with Gasteiger partial charge in [-0.15, -0.1) is 0 Å². The fourth-order valence-electron chi connectivity index (χ4n) is 2.35. The van der Waals surface area contributed by atoms with Gasteiger partial charge >= 0.3 is 0 Å². The van der Waals surface area contributed by atoms with Crippen LogP contribution in [0.2, 0.25) is 0 Å². The molecule has 3 rings (SSSR count). The van der Waals surface area contributed by atoms with Crippen LogP contribution in [-0.2, 0) is 0 Å². The molecule has 0 saturated heterocycles. The van der Waals surface area contributed by atoms with Crippen molar-refractivity contribution < 1.29 is 4.74 Å². The standard InChI is InChI=1S/C18H22N2O/c1-20(2)15-7-3-5-13(11-15)18(19)14-6-4-8-17(12-14)21-16-9-10-16/h3-8,11-12,16,18H,9-10,19H2,1-2H3. The summed E-state index contributed by atoms with van der Waals surface area (Å²) >= 11 is 0. The van der Waals surface area contributed by atoms with Crippen LogP contribution in [0.5, 0.6) is 5.75 Å². The van der Waals surface area contributed by atoms with Crippen molar-refractivity contribution in [3.05, 3.63) is 59.7 Å². The van der Waals surface area contributed by atoms with Crippen molar-refractivity contribution in [1.82, 2.24) is 0 Å². The fraction of sp³-hybridized carbons (Fsp3) is 0.333. The molecule has 1 saturated carbocycles. The fourth-order valence-corrected chi connectivity index (χ4v) is 2.35. The molecule has 2 N–H and O–H groups in total. The highest BCUT2D eigenvalue weighted by Gasteiger charge is 2.23. The van der Waals surface area contributed by atoms with Gasteiger partial charge in [-0.25, -0.2) is 0 Å². The maximum absolute atomic E-state index is 6.43. The van der Waals surface area contributed by atoms with Crippen molar-refractivity contribution in [2.75, 3.05) is 19.0 Å². The van der Waals surface area contributed by atoms with Crippen molar-refractivity contribution in [2.24, 2.45) is 5.73 Å². The van der Waals surface area contributed by atoms with Gasteiger partial charge in [0, 0.05) is 19.8 Å². The van der Waals surface area contributed by atoms with Gasteiger partial charge in [-0.2, -0.15) is 0 Å². The first kappa shape index (κ1) is 14.0. The van der Waals surface area contributed by atoms with E-state index in [9.17, 15) is 0 Å². The second-order valence-corrected chi connectivity index (χ2v) is 5.86. The summed E-state index contributed by atoms with van der Waals surface area (Å²) < 4.78 is 5.85. The monoisotopic (exact) mass is 282 g/mol. The van der Waals surface area contributed by atoms with E-state index in [1.165, 1.54) is 12.8 Å². The first-order chi connectivity index (χ1) is 10.1.